The van der Waals surface area contributed by atoms with Crippen LogP contribution in [0.3, 0.4) is 0 Å². The van der Waals surface area contributed by atoms with Crippen LogP contribution in [0, 0.1) is 0 Å². The zero-order valence-corrected chi connectivity index (χ0v) is 34.2. The maximum Gasteiger partial charge on any atom is 0.240 e. The van der Waals surface area contributed by atoms with Crippen LogP contribution in [-0.2, 0) is 0 Å². The lowest BCUT2D eigenvalue weighted by atomic mass is 10.1. The number of benzene rings is 9. The Morgan fingerprint density at radius 2 is 0.781 bits per heavy atom. The van der Waals surface area contributed by atoms with E-state index >= 15 is 0 Å². The van der Waals surface area contributed by atoms with Crippen molar-refractivity contribution in [2.75, 3.05) is 0 Å². The van der Waals surface area contributed by atoms with Crippen molar-refractivity contribution in [2.45, 2.75) is 0 Å². The van der Waals surface area contributed by atoms with Gasteiger partial charge in [-0.25, -0.2) is 0 Å². The average molecular weight is 819 g/mol. The van der Waals surface area contributed by atoms with Crippen molar-refractivity contribution in [3.05, 3.63) is 206 Å². The van der Waals surface area contributed by atoms with E-state index in [1.807, 2.05) is 18.2 Å². The van der Waals surface area contributed by atoms with Crippen LogP contribution < -0.4 is 0 Å². The van der Waals surface area contributed by atoms with Crippen LogP contribution in [0.25, 0.3) is 127 Å². The van der Waals surface area contributed by atoms with Crippen molar-refractivity contribution < 1.29 is 4.42 Å². The van der Waals surface area contributed by atoms with Crippen molar-refractivity contribution in [1.82, 2.24) is 28.7 Å². The summed E-state index contributed by atoms with van der Waals surface area (Å²) in [6, 6.07) is 72.6. The molecule has 64 heavy (non-hydrogen) atoms. The molecule has 7 heteroatoms. The number of rotatable bonds is 5. The smallest absolute Gasteiger partial charge is 0.240 e. The highest BCUT2D eigenvalue weighted by atomic mass is 16.3. The Morgan fingerprint density at radius 3 is 1.45 bits per heavy atom. The Kier molecular flexibility index (Phi) is 7.27. The second kappa shape index (κ2) is 13.3. The first-order chi connectivity index (χ1) is 31.7. The topological polar surface area (TPSA) is 66.6 Å². The summed E-state index contributed by atoms with van der Waals surface area (Å²) in [6.45, 7) is 0. The van der Waals surface area contributed by atoms with Gasteiger partial charge in [0.15, 0.2) is 5.82 Å². The van der Waals surface area contributed by atoms with Gasteiger partial charge in [0.25, 0.3) is 0 Å². The Bertz CT molecular complexity index is 4160. The SMILES string of the molecule is c1ccc(-c2cccc(-n3c4ccccc4c4ccc5c6ccccc6n(-c6nc(-c7ccc8c(c7)oc7ccccc78)nc(-n7c8ccccc8c8ccccc87)n6)c5c43)c2)cc1. The minimum atomic E-state index is 0.514. The van der Waals surface area contributed by atoms with Gasteiger partial charge in [-0.3, -0.25) is 9.13 Å². The summed E-state index contributed by atoms with van der Waals surface area (Å²) in [5, 5.41) is 8.91. The van der Waals surface area contributed by atoms with Crippen LogP contribution in [0.5, 0.6) is 0 Å². The van der Waals surface area contributed by atoms with Gasteiger partial charge in [0.1, 0.15) is 11.2 Å². The first-order valence-corrected chi connectivity index (χ1v) is 21.5. The van der Waals surface area contributed by atoms with E-state index < -0.39 is 0 Å². The summed E-state index contributed by atoms with van der Waals surface area (Å²) < 4.78 is 13.3. The molecular formula is C57H34N6O. The molecule has 0 bridgehead atoms. The van der Waals surface area contributed by atoms with Gasteiger partial charge < -0.3 is 8.98 Å². The van der Waals surface area contributed by atoms with Crippen molar-refractivity contribution in [2.24, 2.45) is 0 Å². The van der Waals surface area contributed by atoms with Gasteiger partial charge in [-0.15, -0.1) is 0 Å². The number of nitrogens with zero attached hydrogens (tertiary/aromatic N) is 6. The number of para-hydroxylation sites is 5. The summed E-state index contributed by atoms with van der Waals surface area (Å²) >= 11 is 0. The molecular weight excluding hydrogens is 785 g/mol. The highest BCUT2D eigenvalue weighted by Crippen LogP contribution is 2.42. The maximum atomic E-state index is 6.43. The summed E-state index contributed by atoms with van der Waals surface area (Å²) in [5.74, 6) is 1.58. The van der Waals surface area contributed by atoms with Gasteiger partial charge in [0, 0.05) is 54.3 Å². The summed E-state index contributed by atoms with van der Waals surface area (Å²) in [6.07, 6.45) is 0. The van der Waals surface area contributed by atoms with Crippen molar-refractivity contribution in [3.8, 4) is 40.1 Å². The number of aromatic nitrogens is 6. The molecule has 14 rings (SSSR count). The van der Waals surface area contributed by atoms with E-state index in [1.54, 1.807) is 0 Å². The van der Waals surface area contributed by atoms with Crippen molar-refractivity contribution in [3.63, 3.8) is 0 Å². The fourth-order valence-corrected chi connectivity index (χ4v) is 10.1. The molecule has 0 aliphatic heterocycles. The largest absolute Gasteiger partial charge is 0.456 e. The first kappa shape index (κ1) is 34.9. The van der Waals surface area contributed by atoms with Crippen LogP contribution >= 0.6 is 0 Å². The predicted molar refractivity (Wildman–Crippen MR) is 261 cm³/mol. The van der Waals surface area contributed by atoms with Gasteiger partial charge in [-0.1, -0.05) is 152 Å². The Morgan fingerprint density at radius 1 is 0.297 bits per heavy atom. The third-order valence-electron chi connectivity index (χ3n) is 12.9. The van der Waals surface area contributed by atoms with E-state index in [-0.39, 0.29) is 0 Å². The normalized spacial score (nSPS) is 12.1. The van der Waals surface area contributed by atoms with E-state index in [1.165, 1.54) is 10.9 Å². The molecule has 0 aliphatic rings. The molecule has 9 aromatic carbocycles. The number of hydrogen-bond acceptors (Lipinski definition) is 4. The summed E-state index contributed by atoms with van der Waals surface area (Å²) in [7, 11) is 0. The number of hydrogen-bond donors (Lipinski definition) is 0. The van der Waals surface area contributed by atoms with Crippen LogP contribution in [0.15, 0.2) is 211 Å². The second-order valence-electron chi connectivity index (χ2n) is 16.4. The summed E-state index contributed by atoms with van der Waals surface area (Å²) in [5.41, 5.74) is 12.1. The molecule has 0 atom stereocenters. The molecule has 0 unspecified atom stereocenters. The maximum absolute atomic E-state index is 6.43. The Hall–Kier alpha value is -8.81. The van der Waals surface area contributed by atoms with Crippen LogP contribution in [-0.4, -0.2) is 28.7 Å². The number of fused-ring (bicyclic) bond motifs is 13. The fourth-order valence-electron chi connectivity index (χ4n) is 10.1. The first-order valence-electron chi connectivity index (χ1n) is 21.5. The van der Waals surface area contributed by atoms with Gasteiger partial charge in [-0.05, 0) is 65.7 Å². The van der Waals surface area contributed by atoms with Crippen molar-refractivity contribution in [1.29, 1.82) is 0 Å². The second-order valence-corrected chi connectivity index (χ2v) is 16.4. The van der Waals surface area contributed by atoms with Gasteiger partial charge in [-0.2, -0.15) is 15.0 Å². The standard InChI is InChI=1S/C57H34N6O/c1-2-15-35(16-3-1)36-17-14-18-38(33-36)61-47-24-9-6-21-41(47)45-31-32-46-42-22-7-12-27-50(42)63(54(46)53(45)61)57-59-55(37-29-30-44-43-23-8-13-28-51(43)64-52(44)34-37)58-56(60-57)62-48-25-10-4-19-39(48)40-20-5-11-26-49(40)62/h1-34H. The summed E-state index contributed by atoms with van der Waals surface area (Å²) in [4.78, 5) is 16.4. The van der Waals surface area contributed by atoms with Crippen LogP contribution in [0.1, 0.15) is 0 Å². The lowest BCUT2D eigenvalue weighted by Gasteiger charge is -2.14. The van der Waals surface area contributed by atoms with E-state index in [0.717, 1.165) is 98.8 Å². The van der Waals surface area contributed by atoms with E-state index in [2.05, 4.69) is 202 Å². The monoisotopic (exact) mass is 818 g/mol. The molecule has 298 valence electrons. The zero-order chi connectivity index (χ0) is 41.9. The predicted octanol–water partition coefficient (Wildman–Crippen LogP) is 14.4. The average Bonchev–Trinajstić information content (AvgIpc) is 4.10. The van der Waals surface area contributed by atoms with Gasteiger partial charge in [0.2, 0.25) is 11.9 Å². The number of furan rings is 1. The third kappa shape index (κ3) is 5.00. The van der Waals surface area contributed by atoms with Gasteiger partial charge in [0.05, 0.1) is 33.1 Å². The Balaban J connectivity index is 1.12. The molecule has 14 aromatic rings. The molecule has 0 saturated carbocycles. The lowest BCUT2D eigenvalue weighted by molar-refractivity contribution is 0.669. The molecule has 0 amide bonds. The molecule has 5 heterocycles. The van der Waals surface area contributed by atoms with Crippen LogP contribution in [0.4, 0.5) is 0 Å². The molecule has 5 aromatic heterocycles. The van der Waals surface area contributed by atoms with Gasteiger partial charge >= 0.3 is 0 Å². The molecule has 0 spiro atoms. The minimum Gasteiger partial charge on any atom is -0.456 e. The van der Waals surface area contributed by atoms with Crippen LogP contribution in [0.2, 0.25) is 0 Å². The molecule has 0 radical (unpaired) electrons. The zero-order valence-electron chi connectivity index (χ0n) is 34.2. The molecule has 0 saturated heterocycles. The Labute approximate surface area is 365 Å². The lowest BCUT2D eigenvalue weighted by Crippen LogP contribution is -2.10. The van der Waals surface area contributed by atoms with E-state index in [0.29, 0.717) is 17.7 Å². The molecule has 7 nitrogen and oxygen atoms in total. The van der Waals surface area contributed by atoms with E-state index in [4.69, 9.17) is 19.4 Å². The molecule has 0 aliphatic carbocycles. The highest BCUT2D eigenvalue weighted by Gasteiger charge is 2.25. The van der Waals surface area contributed by atoms with Crippen molar-refractivity contribution >= 4 is 87.4 Å². The molecule has 0 N–H and O–H groups in total. The van der Waals surface area contributed by atoms with E-state index in [9.17, 15) is 0 Å². The third-order valence-corrected chi connectivity index (χ3v) is 12.9. The quantitative estimate of drug-likeness (QED) is 0.173. The highest BCUT2D eigenvalue weighted by molar-refractivity contribution is 6.24. The minimum absolute atomic E-state index is 0.514. The molecule has 0 fully saturated rings. The fraction of sp³-hybridized carbons (Fsp3) is 0.